The summed E-state index contributed by atoms with van der Waals surface area (Å²) in [6, 6.07) is 0. The van der Waals surface area contributed by atoms with Gasteiger partial charge in [0.25, 0.3) is 0 Å². The summed E-state index contributed by atoms with van der Waals surface area (Å²) in [7, 11) is 0. The largest absolute Gasteiger partial charge is 0.461 e. The predicted molar refractivity (Wildman–Crippen MR) is 95.7 cm³/mol. The fourth-order valence-electron chi connectivity index (χ4n) is 4.61. The van der Waals surface area contributed by atoms with Crippen LogP contribution < -0.4 is 0 Å². The summed E-state index contributed by atoms with van der Waals surface area (Å²) in [5, 5.41) is 30.6. The molecule has 8 heteroatoms. The number of rotatable bonds is 4. The molecule has 150 valence electrons. The third kappa shape index (κ3) is 3.10. The lowest BCUT2D eigenvalue weighted by Gasteiger charge is -2.37. The molecule has 2 saturated carbocycles. The van der Waals surface area contributed by atoms with E-state index in [1.807, 2.05) is 0 Å². The monoisotopic (exact) mass is 400 g/mol. The lowest BCUT2D eigenvalue weighted by Crippen LogP contribution is -2.52. The molecule has 3 rings (SSSR count). The Bertz CT molecular complexity index is 677. The molecule has 0 aromatic carbocycles. The van der Waals surface area contributed by atoms with Gasteiger partial charge in [0.2, 0.25) is 0 Å². The van der Waals surface area contributed by atoms with E-state index in [1.54, 1.807) is 0 Å². The van der Waals surface area contributed by atoms with Crippen molar-refractivity contribution in [2.75, 3.05) is 12.5 Å². The maximum absolute atomic E-state index is 12.2. The van der Waals surface area contributed by atoms with Gasteiger partial charge in [0.1, 0.15) is 17.8 Å². The van der Waals surface area contributed by atoms with Crippen LogP contribution in [0, 0.1) is 23.7 Å². The molecule has 2 aliphatic carbocycles. The van der Waals surface area contributed by atoms with Gasteiger partial charge in [0.05, 0.1) is 30.4 Å². The first kappa shape index (κ1) is 20.3. The van der Waals surface area contributed by atoms with Crippen molar-refractivity contribution in [1.29, 1.82) is 0 Å². The molecular formula is C19H25ClO7. The normalized spacial score (nSPS) is 42.2. The van der Waals surface area contributed by atoms with Crippen molar-refractivity contribution in [3.05, 3.63) is 24.3 Å². The standard InChI is InChI=1S/C19H25ClO7/c1-8-4-12(26-17(23)9(2)6-21)14-10(3)18(24)27-16(14)15-11(8)5-13(22)19(15,25)7-20/h9,11-16,21-22,25H,1,3-7H2,2H3/t9-,11-,12-,13-,14+,15-,16-,19+/m0/s1. The van der Waals surface area contributed by atoms with E-state index in [0.29, 0.717) is 5.57 Å². The van der Waals surface area contributed by atoms with Gasteiger partial charge in [0, 0.05) is 17.9 Å². The second-order valence-corrected chi connectivity index (χ2v) is 8.12. The molecule has 0 aromatic rings. The predicted octanol–water partition coefficient (Wildman–Crippen LogP) is 0.551. The zero-order valence-corrected chi connectivity index (χ0v) is 15.9. The Morgan fingerprint density at radius 3 is 2.74 bits per heavy atom. The quantitative estimate of drug-likeness (QED) is 0.273. The van der Waals surface area contributed by atoms with Crippen LogP contribution in [-0.2, 0) is 19.1 Å². The lowest BCUT2D eigenvalue weighted by atomic mass is 9.76. The molecule has 1 aliphatic heterocycles. The molecule has 3 aliphatic rings. The Hall–Kier alpha value is -1.41. The molecule has 8 atom stereocenters. The van der Waals surface area contributed by atoms with E-state index in [1.165, 1.54) is 6.92 Å². The fourth-order valence-corrected chi connectivity index (χ4v) is 4.96. The molecule has 1 heterocycles. The van der Waals surface area contributed by atoms with Crippen LogP contribution in [0.4, 0.5) is 0 Å². The van der Waals surface area contributed by atoms with Crippen molar-refractivity contribution in [2.24, 2.45) is 23.7 Å². The molecule has 0 unspecified atom stereocenters. The molecule has 7 nitrogen and oxygen atoms in total. The van der Waals surface area contributed by atoms with Crippen LogP contribution in [0.3, 0.4) is 0 Å². The van der Waals surface area contributed by atoms with Gasteiger partial charge in [-0.2, -0.15) is 0 Å². The third-order valence-corrected chi connectivity index (χ3v) is 6.65. The van der Waals surface area contributed by atoms with Crippen molar-refractivity contribution in [1.82, 2.24) is 0 Å². The van der Waals surface area contributed by atoms with Crippen molar-refractivity contribution in [3.63, 3.8) is 0 Å². The van der Waals surface area contributed by atoms with Gasteiger partial charge in [0.15, 0.2) is 0 Å². The van der Waals surface area contributed by atoms with Crippen LogP contribution >= 0.6 is 11.6 Å². The number of hydrogen-bond donors (Lipinski definition) is 3. The molecule has 27 heavy (non-hydrogen) atoms. The number of ether oxygens (including phenoxy) is 2. The number of carbonyl (C=O) groups is 2. The van der Waals surface area contributed by atoms with Gasteiger partial charge in [-0.3, -0.25) is 4.79 Å². The fraction of sp³-hybridized carbons (Fsp3) is 0.684. The minimum atomic E-state index is -1.65. The summed E-state index contributed by atoms with van der Waals surface area (Å²) in [6.07, 6.45) is -2.20. The van der Waals surface area contributed by atoms with Crippen LogP contribution in [0.1, 0.15) is 19.8 Å². The van der Waals surface area contributed by atoms with Gasteiger partial charge in [-0.05, 0) is 19.3 Å². The van der Waals surface area contributed by atoms with Crippen LogP contribution in [0.2, 0.25) is 0 Å². The first-order valence-corrected chi connectivity index (χ1v) is 9.54. The van der Waals surface area contributed by atoms with E-state index < -0.39 is 53.6 Å². The molecule has 1 saturated heterocycles. The number of fused-ring (bicyclic) bond motifs is 3. The Kier molecular flexibility index (Phi) is 5.42. The van der Waals surface area contributed by atoms with Crippen molar-refractivity contribution >= 4 is 23.5 Å². The highest BCUT2D eigenvalue weighted by molar-refractivity contribution is 6.18. The van der Waals surface area contributed by atoms with Gasteiger partial charge in [-0.25, -0.2) is 4.79 Å². The number of esters is 2. The Morgan fingerprint density at radius 1 is 1.48 bits per heavy atom. The first-order valence-electron chi connectivity index (χ1n) is 9.00. The number of aliphatic hydroxyl groups is 3. The Morgan fingerprint density at radius 2 is 2.15 bits per heavy atom. The zero-order chi connectivity index (χ0) is 20.1. The molecule has 0 radical (unpaired) electrons. The van der Waals surface area contributed by atoms with Gasteiger partial charge in [-0.15, -0.1) is 11.6 Å². The number of aliphatic hydroxyl groups excluding tert-OH is 2. The van der Waals surface area contributed by atoms with Gasteiger partial charge in [-0.1, -0.05) is 18.7 Å². The average Bonchev–Trinajstić information content (AvgIpc) is 3.03. The average molecular weight is 401 g/mol. The van der Waals surface area contributed by atoms with Crippen LogP contribution in [-0.4, -0.2) is 63.7 Å². The molecular weight excluding hydrogens is 376 g/mol. The topological polar surface area (TPSA) is 113 Å². The smallest absolute Gasteiger partial charge is 0.334 e. The van der Waals surface area contributed by atoms with Crippen LogP contribution in [0.5, 0.6) is 0 Å². The SMILES string of the molecule is C=C1C(=O)O[C@H]2[C@H]1[C@@H](OC(=O)[C@@H](C)CO)CC(=C)[C@@H]1C[C@H](O)[C@](O)(CCl)[C@H]21. The number of carbonyl (C=O) groups excluding carboxylic acids is 2. The van der Waals surface area contributed by atoms with E-state index in [0.717, 1.165) is 0 Å². The van der Waals surface area contributed by atoms with Crippen molar-refractivity contribution in [2.45, 2.75) is 43.7 Å². The number of alkyl halides is 1. The summed E-state index contributed by atoms with van der Waals surface area (Å²) in [5.74, 6) is -3.86. The minimum absolute atomic E-state index is 0.154. The highest BCUT2D eigenvalue weighted by Crippen LogP contribution is 2.55. The zero-order valence-electron chi connectivity index (χ0n) is 15.1. The second kappa shape index (κ2) is 7.20. The highest BCUT2D eigenvalue weighted by atomic mass is 35.5. The minimum Gasteiger partial charge on any atom is -0.461 e. The first-order chi connectivity index (χ1) is 12.7. The van der Waals surface area contributed by atoms with E-state index in [2.05, 4.69) is 13.2 Å². The second-order valence-electron chi connectivity index (χ2n) is 7.85. The number of halogens is 1. The molecule has 0 bridgehead atoms. The summed E-state index contributed by atoms with van der Waals surface area (Å²) < 4.78 is 11.1. The molecule has 3 fully saturated rings. The maximum Gasteiger partial charge on any atom is 0.334 e. The Labute approximate surface area is 162 Å². The van der Waals surface area contributed by atoms with Crippen LogP contribution in [0.25, 0.3) is 0 Å². The van der Waals surface area contributed by atoms with Crippen molar-refractivity contribution in [3.8, 4) is 0 Å². The van der Waals surface area contributed by atoms with Crippen LogP contribution in [0.15, 0.2) is 24.3 Å². The highest BCUT2D eigenvalue weighted by Gasteiger charge is 2.64. The van der Waals surface area contributed by atoms with Gasteiger partial charge < -0.3 is 24.8 Å². The van der Waals surface area contributed by atoms with E-state index in [4.69, 9.17) is 21.1 Å². The van der Waals surface area contributed by atoms with E-state index >= 15 is 0 Å². The third-order valence-electron chi connectivity index (χ3n) is 6.23. The lowest BCUT2D eigenvalue weighted by molar-refractivity contribution is -0.161. The van der Waals surface area contributed by atoms with Crippen molar-refractivity contribution < 1.29 is 34.4 Å². The summed E-state index contributed by atoms with van der Waals surface area (Å²) in [5.41, 5.74) is -0.811. The van der Waals surface area contributed by atoms with Gasteiger partial charge >= 0.3 is 11.9 Å². The summed E-state index contributed by atoms with van der Waals surface area (Å²) in [6.45, 7) is 9.04. The van der Waals surface area contributed by atoms with E-state index in [-0.39, 0.29) is 36.8 Å². The van der Waals surface area contributed by atoms with E-state index in [9.17, 15) is 24.9 Å². The molecule has 3 N–H and O–H groups in total. The number of hydrogen-bond acceptors (Lipinski definition) is 7. The summed E-state index contributed by atoms with van der Waals surface area (Å²) in [4.78, 5) is 24.5. The molecule has 0 spiro atoms. The Balaban J connectivity index is 2.00. The summed E-state index contributed by atoms with van der Waals surface area (Å²) >= 11 is 5.99. The maximum atomic E-state index is 12.2. The molecule has 0 amide bonds. The molecule has 0 aromatic heterocycles.